The van der Waals surface area contributed by atoms with Gasteiger partial charge in [-0.25, -0.2) is 4.39 Å². The number of halogens is 1. The third-order valence-corrected chi connectivity index (χ3v) is 6.55. The van der Waals surface area contributed by atoms with Crippen molar-refractivity contribution in [2.24, 2.45) is 0 Å². The Morgan fingerprint density at radius 2 is 1.89 bits per heavy atom. The summed E-state index contributed by atoms with van der Waals surface area (Å²) in [6.07, 6.45) is 4.99. The molecule has 0 saturated carbocycles. The molecule has 194 valence electrons. The molecule has 0 radical (unpaired) electrons. The first-order chi connectivity index (χ1) is 17.5. The summed E-state index contributed by atoms with van der Waals surface area (Å²) in [7, 11) is 0. The summed E-state index contributed by atoms with van der Waals surface area (Å²) in [5.74, 6) is 0.255. The highest BCUT2D eigenvalue weighted by atomic mass is 19.1. The average molecular weight is 499 g/mol. The highest BCUT2D eigenvalue weighted by molar-refractivity contribution is 5.95. The van der Waals surface area contributed by atoms with Crippen LogP contribution in [0.5, 0.6) is 11.5 Å². The van der Waals surface area contributed by atoms with E-state index in [1.807, 2.05) is 11.8 Å². The predicted octanol–water partition coefficient (Wildman–Crippen LogP) is 4.44. The molecule has 0 spiro atoms. The summed E-state index contributed by atoms with van der Waals surface area (Å²) in [5.41, 5.74) is 1.14. The maximum absolute atomic E-state index is 13.8. The van der Waals surface area contributed by atoms with Gasteiger partial charge in [0, 0.05) is 38.3 Å². The van der Waals surface area contributed by atoms with E-state index in [2.05, 4.69) is 0 Å². The van der Waals surface area contributed by atoms with Gasteiger partial charge in [-0.15, -0.1) is 0 Å². The maximum Gasteiger partial charge on any atom is 0.260 e. The average Bonchev–Trinajstić information content (AvgIpc) is 3.41. The lowest BCUT2D eigenvalue weighted by Crippen LogP contribution is -2.38. The Morgan fingerprint density at radius 3 is 2.61 bits per heavy atom. The van der Waals surface area contributed by atoms with Gasteiger partial charge in [0.05, 0.1) is 12.7 Å². The van der Waals surface area contributed by atoms with Gasteiger partial charge in [-0.2, -0.15) is 0 Å². The van der Waals surface area contributed by atoms with E-state index in [9.17, 15) is 14.0 Å². The van der Waals surface area contributed by atoms with Crippen molar-refractivity contribution < 1.29 is 28.2 Å². The zero-order valence-corrected chi connectivity index (χ0v) is 20.9. The van der Waals surface area contributed by atoms with E-state index in [0.29, 0.717) is 42.4 Å². The minimum Gasteiger partial charge on any atom is -0.490 e. The van der Waals surface area contributed by atoms with Crippen LogP contribution in [0.2, 0.25) is 0 Å². The number of likely N-dealkylation sites (tertiary alicyclic amines) is 1. The van der Waals surface area contributed by atoms with Gasteiger partial charge < -0.3 is 24.0 Å². The number of carbonyl (C=O) groups is 2. The summed E-state index contributed by atoms with van der Waals surface area (Å²) < 4.78 is 31.1. The third kappa shape index (κ3) is 6.97. The van der Waals surface area contributed by atoms with E-state index in [0.717, 1.165) is 45.2 Å². The smallest absolute Gasteiger partial charge is 0.260 e. The molecule has 36 heavy (non-hydrogen) atoms. The van der Waals surface area contributed by atoms with Gasteiger partial charge in [0.25, 0.3) is 11.8 Å². The minimum atomic E-state index is -0.337. The van der Waals surface area contributed by atoms with Crippen molar-refractivity contribution in [1.29, 1.82) is 0 Å². The molecule has 2 amide bonds. The predicted molar refractivity (Wildman–Crippen MR) is 134 cm³/mol. The molecule has 2 aliphatic heterocycles. The van der Waals surface area contributed by atoms with E-state index in [-0.39, 0.29) is 36.9 Å². The van der Waals surface area contributed by atoms with Crippen LogP contribution in [-0.4, -0.2) is 67.2 Å². The molecule has 0 aromatic heterocycles. The van der Waals surface area contributed by atoms with Crippen LogP contribution in [0.25, 0.3) is 0 Å². The topological polar surface area (TPSA) is 68.3 Å². The van der Waals surface area contributed by atoms with E-state index in [4.69, 9.17) is 14.2 Å². The molecule has 2 fully saturated rings. The van der Waals surface area contributed by atoms with Crippen molar-refractivity contribution in [3.63, 3.8) is 0 Å². The molecule has 0 aliphatic carbocycles. The van der Waals surface area contributed by atoms with Gasteiger partial charge >= 0.3 is 0 Å². The molecule has 7 nitrogen and oxygen atoms in total. The number of rotatable bonds is 10. The lowest BCUT2D eigenvalue weighted by Gasteiger charge is -2.27. The Hall–Kier alpha value is -3.13. The van der Waals surface area contributed by atoms with Gasteiger partial charge in [-0.1, -0.05) is 12.1 Å². The summed E-state index contributed by atoms with van der Waals surface area (Å²) in [6, 6.07) is 11.3. The van der Waals surface area contributed by atoms with Crippen molar-refractivity contribution in [3.8, 4) is 11.5 Å². The van der Waals surface area contributed by atoms with Crippen molar-refractivity contribution >= 4 is 11.8 Å². The van der Waals surface area contributed by atoms with Crippen molar-refractivity contribution in [3.05, 3.63) is 59.4 Å². The number of piperidine rings is 1. The molecule has 4 rings (SSSR count). The van der Waals surface area contributed by atoms with E-state index >= 15 is 0 Å². The molecule has 2 heterocycles. The maximum atomic E-state index is 13.8. The van der Waals surface area contributed by atoms with Crippen molar-refractivity contribution in [2.75, 3.05) is 39.5 Å². The third-order valence-electron chi connectivity index (χ3n) is 6.55. The lowest BCUT2D eigenvalue weighted by atomic mass is 10.1. The fourth-order valence-electron chi connectivity index (χ4n) is 4.69. The molecule has 2 aromatic rings. The van der Waals surface area contributed by atoms with Crippen LogP contribution >= 0.6 is 0 Å². The first-order valence-corrected chi connectivity index (χ1v) is 12.9. The number of nitrogens with zero attached hydrogens (tertiary/aromatic N) is 2. The first-order valence-electron chi connectivity index (χ1n) is 12.9. The molecule has 1 unspecified atom stereocenters. The molecule has 2 saturated heterocycles. The van der Waals surface area contributed by atoms with Crippen LogP contribution in [0, 0.1) is 5.82 Å². The van der Waals surface area contributed by atoms with Crippen molar-refractivity contribution in [1.82, 2.24) is 9.80 Å². The van der Waals surface area contributed by atoms with Crippen molar-refractivity contribution in [2.45, 2.75) is 51.7 Å². The molecule has 8 heteroatoms. The van der Waals surface area contributed by atoms with E-state index < -0.39 is 0 Å². The zero-order valence-electron chi connectivity index (χ0n) is 20.9. The molecular weight excluding hydrogens is 463 g/mol. The Labute approximate surface area is 212 Å². The Bertz CT molecular complexity index is 1030. The standard InChI is InChI=1S/C28H35FN2O5/c1-2-34-26-17-22(11-12-25(26)36-20-27(32)30-13-4-3-5-14-30)28(33)31(19-24-10-7-15-35-24)18-21-8-6-9-23(29)16-21/h6,8-9,11-12,16-17,24H,2-5,7,10,13-15,18-20H2,1H3. The highest BCUT2D eigenvalue weighted by Gasteiger charge is 2.25. The van der Waals surface area contributed by atoms with Crippen LogP contribution < -0.4 is 9.47 Å². The van der Waals surface area contributed by atoms with Crippen LogP contribution in [0.15, 0.2) is 42.5 Å². The first kappa shape index (κ1) is 25.9. The summed E-state index contributed by atoms with van der Waals surface area (Å²) in [6.45, 7) is 5.06. The number of hydrogen-bond donors (Lipinski definition) is 0. The SMILES string of the molecule is CCOc1cc(C(=O)N(Cc2cccc(F)c2)CC2CCCO2)ccc1OCC(=O)N1CCCCC1. The molecule has 0 bridgehead atoms. The molecule has 2 aromatic carbocycles. The molecule has 1 atom stereocenters. The number of hydrogen-bond acceptors (Lipinski definition) is 5. The minimum absolute atomic E-state index is 0.0442. The monoisotopic (exact) mass is 498 g/mol. The zero-order chi connectivity index (χ0) is 25.3. The highest BCUT2D eigenvalue weighted by Crippen LogP contribution is 2.30. The van der Waals surface area contributed by atoms with Gasteiger partial charge in [0.2, 0.25) is 0 Å². The Kier molecular flexibility index (Phi) is 9.17. The number of carbonyl (C=O) groups excluding carboxylic acids is 2. The van der Waals surface area contributed by atoms with Crippen LogP contribution in [0.1, 0.15) is 54.9 Å². The van der Waals surface area contributed by atoms with Crippen LogP contribution in [0.4, 0.5) is 4.39 Å². The normalized spacial score (nSPS) is 17.6. The summed E-state index contributed by atoms with van der Waals surface area (Å²) in [5, 5.41) is 0. The van der Waals surface area contributed by atoms with Crippen LogP contribution in [-0.2, 0) is 16.1 Å². The molecule has 2 aliphatic rings. The Balaban J connectivity index is 1.49. The van der Waals surface area contributed by atoms with E-state index in [1.165, 1.54) is 12.1 Å². The fourth-order valence-corrected chi connectivity index (χ4v) is 4.69. The molecule has 0 N–H and O–H groups in total. The fraction of sp³-hybridized carbons (Fsp3) is 0.500. The lowest BCUT2D eigenvalue weighted by molar-refractivity contribution is -0.134. The largest absolute Gasteiger partial charge is 0.490 e. The second-order valence-corrected chi connectivity index (χ2v) is 9.28. The van der Waals surface area contributed by atoms with E-state index in [1.54, 1.807) is 35.2 Å². The second-order valence-electron chi connectivity index (χ2n) is 9.28. The van der Waals surface area contributed by atoms with Gasteiger partial charge in [0.1, 0.15) is 5.82 Å². The quantitative estimate of drug-likeness (QED) is 0.485. The van der Waals surface area contributed by atoms with Crippen LogP contribution in [0.3, 0.4) is 0 Å². The van der Waals surface area contributed by atoms with Gasteiger partial charge in [-0.05, 0) is 74.9 Å². The number of amides is 2. The summed E-state index contributed by atoms with van der Waals surface area (Å²) in [4.78, 5) is 29.6. The van der Waals surface area contributed by atoms with Gasteiger partial charge in [0.15, 0.2) is 18.1 Å². The second kappa shape index (κ2) is 12.7. The summed E-state index contributed by atoms with van der Waals surface area (Å²) >= 11 is 0. The van der Waals surface area contributed by atoms with Gasteiger partial charge in [-0.3, -0.25) is 9.59 Å². The molecular formula is C28H35FN2O5. The number of benzene rings is 2. The Morgan fingerprint density at radius 1 is 1.06 bits per heavy atom. The number of ether oxygens (including phenoxy) is 3.